The van der Waals surface area contributed by atoms with Gasteiger partial charge >= 0.3 is 5.97 Å². The molecule has 5 fully saturated rings. The van der Waals surface area contributed by atoms with Crippen LogP contribution < -0.4 is 14.9 Å². The zero-order chi connectivity index (χ0) is 61.5. The number of aromatic hydroxyl groups is 3. The monoisotopic (exact) mass is 1210 g/mol. The highest BCUT2D eigenvalue weighted by atomic mass is 16.8. The molecule has 0 saturated carbocycles. The predicted octanol–water partition coefficient (Wildman–Crippen LogP) is -5.27. The van der Waals surface area contributed by atoms with E-state index in [0.29, 0.717) is 5.56 Å². The lowest BCUT2D eigenvalue weighted by molar-refractivity contribution is -0.361. The molecule has 1 aromatic heterocycles. The summed E-state index contributed by atoms with van der Waals surface area (Å²) >= 11 is 0. The molecule has 9 rings (SSSR count). The Morgan fingerprint density at radius 3 is 1.62 bits per heavy atom. The number of ether oxygens (including phenoxy) is 11. The first-order valence-electron chi connectivity index (χ1n) is 26.6. The van der Waals surface area contributed by atoms with Gasteiger partial charge in [0.2, 0.25) is 23.8 Å². The average Bonchev–Trinajstić information content (AvgIpc) is 1.55. The maximum Gasteiger partial charge on any atom is 0.331 e. The van der Waals surface area contributed by atoms with Gasteiger partial charge in [-0.3, -0.25) is 4.79 Å². The van der Waals surface area contributed by atoms with Crippen molar-refractivity contribution in [2.75, 3.05) is 19.8 Å². The molecule has 0 bridgehead atoms. The van der Waals surface area contributed by atoms with E-state index in [0.717, 1.165) is 18.2 Å². The lowest BCUT2D eigenvalue weighted by atomic mass is 9.97. The molecule has 4 aromatic rings. The predicted molar refractivity (Wildman–Crippen MR) is 276 cm³/mol. The van der Waals surface area contributed by atoms with Crippen LogP contribution in [-0.2, 0) is 47.4 Å². The number of phenolic OH excluding ortho intramolecular Hbond substituents is 3. The molecular weight excluding hydrogens is 1140 g/mol. The van der Waals surface area contributed by atoms with E-state index in [1.807, 2.05) is 0 Å². The topological polar surface area (TPSA) is 493 Å². The first kappa shape index (κ1) is 63.7. The normalized spacial score (nSPS) is 38.9. The summed E-state index contributed by atoms with van der Waals surface area (Å²) in [5, 5.41) is 181. The van der Waals surface area contributed by atoms with Crippen LogP contribution in [0.1, 0.15) is 19.4 Å². The number of benzene rings is 3. The molecule has 3 aromatic carbocycles. The molecule has 5 aliphatic heterocycles. The number of fused-ring (bicyclic) bond motifs is 1. The maximum absolute atomic E-state index is 14.6. The Kier molecular flexibility index (Phi) is 20.0. The van der Waals surface area contributed by atoms with Crippen molar-refractivity contribution in [2.24, 2.45) is 0 Å². The summed E-state index contributed by atoms with van der Waals surface area (Å²) < 4.78 is 69.5. The summed E-state index contributed by atoms with van der Waals surface area (Å²) in [5.74, 6) is -3.72. The van der Waals surface area contributed by atoms with Gasteiger partial charge in [0.1, 0.15) is 138 Å². The van der Waals surface area contributed by atoms with E-state index in [4.69, 9.17) is 56.5 Å². The molecule has 31 heteroatoms. The molecular formula is C54H66O31. The van der Waals surface area contributed by atoms with Crippen LogP contribution in [0.15, 0.2) is 76.0 Å². The van der Waals surface area contributed by atoms with Crippen LogP contribution in [0.4, 0.5) is 0 Å². The summed E-state index contributed by atoms with van der Waals surface area (Å²) in [6.45, 7) is 0.210. The Balaban J connectivity index is 0.947. The smallest absolute Gasteiger partial charge is 0.331 e. The number of carbonyl (C=O) groups excluding carboxylic acids is 1. The Morgan fingerprint density at radius 2 is 1.04 bits per heavy atom. The number of aliphatic hydroxyl groups is 14. The van der Waals surface area contributed by atoms with Crippen molar-refractivity contribution < 1.29 is 148 Å². The van der Waals surface area contributed by atoms with E-state index in [1.165, 1.54) is 68.5 Å². The van der Waals surface area contributed by atoms with Gasteiger partial charge in [0, 0.05) is 23.8 Å². The molecule has 6 heterocycles. The first-order valence-corrected chi connectivity index (χ1v) is 26.6. The number of carbonyl (C=O) groups is 1. The van der Waals surface area contributed by atoms with Crippen LogP contribution in [0.5, 0.6) is 28.7 Å². The third-order valence-corrected chi connectivity index (χ3v) is 15.0. The summed E-state index contributed by atoms with van der Waals surface area (Å²) in [6.07, 6.45) is -42.4. The Bertz CT molecular complexity index is 2980. The Hall–Kier alpha value is -5.80. The highest BCUT2D eigenvalue weighted by molar-refractivity contribution is 5.88. The van der Waals surface area contributed by atoms with Crippen molar-refractivity contribution in [3.8, 4) is 40.1 Å². The van der Waals surface area contributed by atoms with E-state index in [1.54, 1.807) is 0 Å². The van der Waals surface area contributed by atoms with Crippen LogP contribution in [0.25, 0.3) is 28.4 Å². The van der Waals surface area contributed by atoms with Gasteiger partial charge < -0.3 is 143 Å². The van der Waals surface area contributed by atoms with Crippen LogP contribution >= 0.6 is 0 Å². The fourth-order valence-corrected chi connectivity index (χ4v) is 10.1. The van der Waals surface area contributed by atoms with Gasteiger partial charge in [-0.15, -0.1) is 0 Å². The summed E-state index contributed by atoms with van der Waals surface area (Å²) in [6, 6.07) is 12.6. The van der Waals surface area contributed by atoms with Gasteiger partial charge in [0.25, 0.3) is 0 Å². The van der Waals surface area contributed by atoms with Gasteiger partial charge in [-0.05, 0) is 61.9 Å². The first-order chi connectivity index (χ1) is 40.4. The average molecular weight is 1210 g/mol. The largest absolute Gasteiger partial charge is 0.508 e. The summed E-state index contributed by atoms with van der Waals surface area (Å²) in [7, 11) is 0. The second kappa shape index (κ2) is 26.7. The molecule has 0 radical (unpaired) electrons. The van der Waals surface area contributed by atoms with Gasteiger partial charge in [-0.1, -0.05) is 12.1 Å². The summed E-state index contributed by atoms with van der Waals surface area (Å²) in [4.78, 5) is 27.8. The molecule has 0 amide bonds. The minimum Gasteiger partial charge on any atom is -0.508 e. The van der Waals surface area contributed by atoms with E-state index in [-0.39, 0.29) is 22.8 Å². The Morgan fingerprint density at radius 1 is 0.529 bits per heavy atom. The van der Waals surface area contributed by atoms with Crippen LogP contribution in [0.2, 0.25) is 0 Å². The highest BCUT2D eigenvalue weighted by Gasteiger charge is 2.54. The van der Waals surface area contributed by atoms with Crippen molar-refractivity contribution in [1.29, 1.82) is 0 Å². The molecule has 31 nitrogen and oxygen atoms in total. The third-order valence-electron chi connectivity index (χ3n) is 15.0. The van der Waals surface area contributed by atoms with Crippen LogP contribution in [0.3, 0.4) is 0 Å². The molecule has 5 aliphatic rings. The van der Waals surface area contributed by atoms with Gasteiger partial charge in [-0.25, -0.2) is 4.79 Å². The molecule has 85 heavy (non-hydrogen) atoms. The molecule has 0 unspecified atom stereocenters. The zero-order valence-electron chi connectivity index (χ0n) is 44.8. The van der Waals surface area contributed by atoms with Crippen LogP contribution in [-0.4, -0.2) is 266 Å². The number of esters is 1. The molecule has 0 aliphatic carbocycles. The summed E-state index contributed by atoms with van der Waals surface area (Å²) in [5.41, 5.74) is -1.09. The van der Waals surface area contributed by atoms with Gasteiger partial charge in [0.15, 0.2) is 30.7 Å². The lowest BCUT2D eigenvalue weighted by Gasteiger charge is -2.46. The molecule has 25 atom stereocenters. The third kappa shape index (κ3) is 13.4. The molecule has 5 saturated heterocycles. The van der Waals surface area contributed by atoms with Crippen molar-refractivity contribution in [1.82, 2.24) is 0 Å². The lowest BCUT2D eigenvalue weighted by Crippen LogP contribution is -2.65. The van der Waals surface area contributed by atoms with E-state index < -0.39 is 213 Å². The molecule has 468 valence electrons. The van der Waals surface area contributed by atoms with Crippen molar-refractivity contribution in [2.45, 2.75) is 167 Å². The fraction of sp³-hybridized carbons (Fsp3) is 0.556. The van der Waals surface area contributed by atoms with E-state index in [2.05, 4.69) is 0 Å². The van der Waals surface area contributed by atoms with E-state index in [9.17, 15) is 96.4 Å². The number of aliphatic hydroxyl groups excluding tert-OH is 14. The van der Waals surface area contributed by atoms with Crippen molar-refractivity contribution in [3.05, 3.63) is 82.5 Å². The number of hydrogen-bond donors (Lipinski definition) is 17. The molecule has 0 spiro atoms. The number of phenols is 3. The number of hydrogen-bond acceptors (Lipinski definition) is 31. The quantitative estimate of drug-likeness (QED) is 0.0347. The minimum atomic E-state index is -2.17. The fourth-order valence-electron chi connectivity index (χ4n) is 10.1. The number of rotatable bonds is 17. The highest BCUT2D eigenvalue weighted by Crippen LogP contribution is 2.40. The van der Waals surface area contributed by atoms with E-state index >= 15 is 0 Å². The van der Waals surface area contributed by atoms with Crippen molar-refractivity contribution >= 4 is 23.0 Å². The standard InChI is InChI=1S/C54H66O31/c1-18-32(61)47(83-51-40(69)37(66)33(62)27(15-55)79-51)43(72)54(75-18)77-24-13-25(59)31-26(14-24)78-46(21-6-10-23(58)11-7-21)48(36(31)65)84-53-42(71)39(68)35(64)29(81-53)17-74-50-44(73)49(85-52-41(70)38(67)34(63)28(16-56)80-52)45(19(2)76-50)82-30(60)12-5-20-3-8-22(57)9-4-20/h3-14,18-19,27-29,32-35,37-45,47,49-59,61-64,66-73H,15-17H2,1-2H3/t18-,19-,27+,28+,29+,32-,33+,34+,35+,37-,38-,39-,40+,41+,42+,43+,44+,45-,47+,49-,50+,51-,52-,53-,54-/m0/s1. The maximum atomic E-state index is 14.6. The second-order valence-electron chi connectivity index (χ2n) is 20.8. The SMILES string of the molecule is C[C@@H]1O[C@@H](Oc2cc(O)c3c(=O)c(O[C@@H]4O[C@H](CO[C@@H]5O[C@@H](C)[C@H](OC(=O)C=Cc6ccc(O)cc6)[C@@H](O[C@@H]6O[C@H](CO)[C@@H](O)[C@H](O)[C@H]6O)[C@H]5O)[C@@H](O)[C@H](O)[C@H]4O)c(-c4ccc(O)cc4)oc3c2)[C@H](O)[C@H](O[C@@H]2O[C@H](CO)[C@@H](O)[C@H](O)[C@H]2O)[C@H]1O. The van der Waals surface area contributed by atoms with Gasteiger partial charge in [0.05, 0.1) is 32.0 Å². The van der Waals surface area contributed by atoms with Crippen molar-refractivity contribution in [3.63, 3.8) is 0 Å². The van der Waals surface area contributed by atoms with Gasteiger partial charge in [-0.2, -0.15) is 0 Å². The Labute approximate surface area is 479 Å². The minimum absolute atomic E-state index is 0.0146. The second-order valence-corrected chi connectivity index (χ2v) is 20.8. The zero-order valence-corrected chi connectivity index (χ0v) is 44.8. The molecule has 17 N–H and O–H groups in total. The van der Waals surface area contributed by atoms with Crippen LogP contribution in [0, 0.1) is 0 Å².